The number of alkyl halides is 3. The summed E-state index contributed by atoms with van der Waals surface area (Å²) in [7, 11) is -1.30. The number of piperidine rings is 1. The first kappa shape index (κ1) is 16.7. The van der Waals surface area contributed by atoms with Crippen LogP contribution in [0.5, 0.6) is 0 Å². The van der Waals surface area contributed by atoms with Crippen molar-refractivity contribution in [1.29, 1.82) is 0 Å². The molecule has 0 aromatic rings. The Hall–Kier alpha value is -0.380. The van der Waals surface area contributed by atoms with Crippen LogP contribution in [0.25, 0.3) is 0 Å². The minimum atomic E-state index is -4.53. The molecular weight excluding hydrogens is 283 g/mol. The van der Waals surface area contributed by atoms with Crippen molar-refractivity contribution in [3.63, 3.8) is 0 Å². The van der Waals surface area contributed by atoms with Crippen molar-refractivity contribution in [1.82, 2.24) is 13.9 Å². The summed E-state index contributed by atoms with van der Waals surface area (Å²) >= 11 is 0. The molecule has 114 valence electrons. The molecule has 1 rings (SSSR count). The molecule has 1 unspecified atom stereocenters. The summed E-state index contributed by atoms with van der Waals surface area (Å²) in [5, 5.41) is 2.96. The van der Waals surface area contributed by atoms with Crippen molar-refractivity contribution in [2.24, 2.45) is 5.92 Å². The van der Waals surface area contributed by atoms with Gasteiger partial charge in [-0.25, -0.2) is 0 Å². The highest BCUT2D eigenvalue weighted by Gasteiger charge is 2.38. The van der Waals surface area contributed by atoms with Gasteiger partial charge in [-0.1, -0.05) is 0 Å². The topological polar surface area (TPSA) is 52.7 Å². The van der Waals surface area contributed by atoms with E-state index in [-0.39, 0.29) is 19.0 Å². The van der Waals surface area contributed by atoms with Gasteiger partial charge in [0.1, 0.15) is 6.54 Å². The van der Waals surface area contributed by atoms with Gasteiger partial charge >= 0.3 is 6.18 Å². The third-order valence-electron chi connectivity index (χ3n) is 3.10. The zero-order chi connectivity index (χ0) is 14.7. The quantitative estimate of drug-likeness (QED) is 0.812. The minimum Gasteiger partial charge on any atom is -0.319 e. The van der Waals surface area contributed by atoms with Crippen LogP contribution in [0, 0.1) is 5.92 Å². The van der Waals surface area contributed by atoms with Gasteiger partial charge in [0, 0.05) is 20.1 Å². The largest absolute Gasteiger partial charge is 0.402 e. The lowest BCUT2D eigenvalue weighted by Gasteiger charge is -2.34. The minimum absolute atomic E-state index is 0.146. The molecule has 9 heteroatoms. The summed E-state index contributed by atoms with van der Waals surface area (Å²) in [6.07, 6.45) is -2.97. The van der Waals surface area contributed by atoms with Crippen molar-refractivity contribution >= 4 is 10.2 Å². The summed E-state index contributed by atoms with van der Waals surface area (Å²) in [5.74, 6) is 0.146. The van der Waals surface area contributed by atoms with E-state index < -0.39 is 22.9 Å². The lowest BCUT2D eigenvalue weighted by atomic mass is 10.00. The normalized spacial score (nSPS) is 22.9. The summed E-state index contributed by atoms with van der Waals surface area (Å²) in [5.41, 5.74) is 0. The molecule has 1 fully saturated rings. The van der Waals surface area contributed by atoms with Crippen LogP contribution in [-0.4, -0.2) is 63.5 Å². The van der Waals surface area contributed by atoms with E-state index in [9.17, 15) is 21.6 Å². The van der Waals surface area contributed by atoms with Crippen LogP contribution < -0.4 is 5.32 Å². The van der Waals surface area contributed by atoms with Gasteiger partial charge in [0.15, 0.2) is 0 Å². The molecule has 1 aliphatic heterocycles. The van der Waals surface area contributed by atoms with Crippen LogP contribution in [0.3, 0.4) is 0 Å². The Labute approximate surface area is 111 Å². The van der Waals surface area contributed by atoms with Crippen LogP contribution in [0.2, 0.25) is 0 Å². The van der Waals surface area contributed by atoms with Gasteiger partial charge in [0.25, 0.3) is 10.2 Å². The molecule has 1 aliphatic rings. The fourth-order valence-electron chi connectivity index (χ4n) is 2.22. The average molecular weight is 303 g/mol. The van der Waals surface area contributed by atoms with Crippen molar-refractivity contribution in [3.8, 4) is 0 Å². The number of nitrogens with zero attached hydrogens (tertiary/aromatic N) is 2. The molecule has 0 bridgehead atoms. The molecular formula is C10H20F3N3O2S. The summed E-state index contributed by atoms with van der Waals surface area (Å²) < 4.78 is 62.4. The van der Waals surface area contributed by atoms with Crippen LogP contribution in [-0.2, 0) is 10.2 Å². The van der Waals surface area contributed by atoms with E-state index in [1.807, 2.05) is 0 Å². The van der Waals surface area contributed by atoms with Crippen molar-refractivity contribution in [2.45, 2.75) is 19.0 Å². The van der Waals surface area contributed by atoms with Gasteiger partial charge in [0.2, 0.25) is 0 Å². The van der Waals surface area contributed by atoms with Gasteiger partial charge in [0.05, 0.1) is 0 Å². The van der Waals surface area contributed by atoms with Crippen LogP contribution >= 0.6 is 0 Å². The van der Waals surface area contributed by atoms with E-state index in [4.69, 9.17) is 0 Å². The van der Waals surface area contributed by atoms with E-state index in [2.05, 4.69) is 5.32 Å². The molecule has 0 spiro atoms. The number of hydrogen-bond acceptors (Lipinski definition) is 3. The molecule has 1 atom stereocenters. The number of halogens is 3. The Balaban J connectivity index is 2.71. The third-order valence-corrected chi connectivity index (χ3v) is 5.00. The lowest BCUT2D eigenvalue weighted by Crippen LogP contribution is -2.49. The van der Waals surface area contributed by atoms with Crippen molar-refractivity contribution in [3.05, 3.63) is 0 Å². The van der Waals surface area contributed by atoms with Crippen molar-refractivity contribution in [2.75, 3.05) is 40.3 Å². The van der Waals surface area contributed by atoms with Gasteiger partial charge in [-0.3, -0.25) is 0 Å². The Morgan fingerprint density at radius 1 is 1.42 bits per heavy atom. The highest BCUT2D eigenvalue weighted by atomic mass is 32.2. The Kier molecular flexibility index (Phi) is 5.60. The summed E-state index contributed by atoms with van der Waals surface area (Å²) in [4.78, 5) is 0. The number of hydrogen-bond donors (Lipinski definition) is 1. The second kappa shape index (κ2) is 6.38. The fourth-order valence-corrected chi connectivity index (χ4v) is 3.69. The van der Waals surface area contributed by atoms with E-state index in [1.54, 1.807) is 7.05 Å². The molecule has 1 heterocycles. The molecule has 0 aliphatic carbocycles. The molecule has 0 amide bonds. The maximum Gasteiger partial charge on any atom is 0.402 e. The number of nitrogens with one attached hydrogen (secondary N) is 1. The average Bonchev–Trinajstić information content (AvgIpc) is 2.27. The predicted octanol–water partition coefficient (Wildman–Crippen LogP) is 0.657. The first-order chi connectivity index (χ1) is 8.66. The maximum absolute atomic E-state index is 12.3. The van der Waals surface area contributed by atoms with E-state index in [0.29, 0.717) is 17.3 Å². The molecule has 19 heavy (non-hydrogen) atoms. The summed E-state index contributed by atoms with van der Waals surface area (Å²) in [6, 6.07) is 0. The van der Waals surface area contributed by atoms with Gasteiger partial charge in [-0.2, -0.15) is 30.2 Å². The van der Waals surface area contributed by atoms with Crippen molar-refractivity contribution < 1.29 is 21.6 Å². The Morgan fingerprint density at radius 3 is 2.58 bits per heavy atom. The van der Waals surface area contributed by atoms with Gasteiger partial charge in [-0.15, -0.1) is 0 Å². The molecule has 0 aromatic heterocycles. The van der Waals surface area contributed by atoms with E-state index >= 15 is 0 Å². The SMILES string of the molecule is CNCC1CCCN(S(=O)(=O)N(C)CC(F)(F)F)C1. The smallest absolute Gasteiger partial charge is 0.319 e. The molecule has 0 saturated carbocycles. The molecule has 0 aromatic carbocycles. The zero-order valence-corrected chi connectivity index (χ0v) is 11.9. The molecule has 1 N–H and O–H groups in total. The fraction of sp³-hybridized carbons (Fsp3) is 1.00. The summed E-state index contributed by atoms with van der Waals surface area (Å²) in [6.45, 7) is -0.242. The first-order valence-corrected chi connectivity index (χ1v) is 7.49. The van der Waals surface area contributed by atoms with E-state index in [0.717, 1.165) is 17.8 Å². The standard InChI is InChI=1S/C10H20F3N3O2S/c1-14-6-9-4-3-5-16(7-9)19(17,18)15(2)8-10(11,12)13/h9,14H,3-8H2,1-2H3. The lowest BCUT2D eigenvalue weighted by molar-refractivity contribution is -0.134. The van der Waals surface area contributed by atoms with Gasteiger partial charge < -0.3 is 5.32 Å². The molecule has 5 nitrogen and oxygen atoms in total. The van der Waals surface area contributed by atoms with Crippen LogP contribution in [0.4, 0.5) is 13.2 Å². The Bertz CT molecular complexity index is 384. The first-order valence-electron chi connectivity index (χ1n) is 6.09. The maximum atomic E-state index is 12.3. The number of rotatable bonds is 5. The molecule has 0 radical (unpaired) electrons. The zero-order valence-electron chi connectivity index (χ0n) is 11.1. The van der Waals surface area contributed by atoms with Crippen LogP contribution in [0.15, 0.2) is 0 Å². The van der Waals surface area contributed by atoms with Gasteiger partial charge in [-0.05, 0) is 32.4 Å². The van der Waals surface area contributed by atoms with Crippen LogP contribution in [0.1, 0.15) is 12.8 Å². The Morgan fingerprint density at radius 2 is 2.05 bits per heavy atom. The second-order valence-electron chi connectivity index (χ2n) is 4.80. The monoisotopic (exact) mass is 303 g/mol. The predicted molar refractivity (Wildman–Crippen MR) is 65.8 cm³/mol. The second-order valence-corrected chi connectivity index (χ2v) is 6.84. The van der Waals surface area contributed by atoms with E-state index in [1.165, 1.54) is 0 Å². The third kappa shape index (κ3) is 4.90. The highest BCUT2D eigenvalue weighted by Crippen LogP contribution is 2.23. The highest BCUT2D eigenvalue weighted by molar-refractivity contribution is 7.86. The molecule has 1 saturated heterocycles.